The van der Waals surface area contributed by atoms with Crippen LogP contribution in [-0.4, -0.2) is 17.2 Å². The molecule has 1 aromatic rings. The van der Waals surface area contributed by atoms with Crippen molar-refractivity contribution in [3.63, 3.8) is 0 Å². The van der Waals surface area contributed by atoms with Gasteiger partial charge in [0.25, 0.3) is 0 Å². The van der Waals surface area contributed by atoms with Crippen LogP contribution in [0, 0.1) is 0 Å². The zero-order valence-electron chi connectivity index (χ0n) is 5.88. The SMILES string of the molecule is O=S(c1ccccc1)S(=O)(=O)O. The minimum Gasteiger partial charge on any atom is -0.275 e. The molecule has 1 unspecified atom stereocenters. The van der Waals surface area contributed by atoms with Crippen LogP contribution in [0.15, 0.2) is 35.2 Å². The Labute approximate surface area is 71.8 Å². The molecular weight excluding hydrogens is 200 g/mol. The molecule has 1 N–H and O–H groups in total. The largest absolute Gasteiger partial charge is 0.352 e. The average molecular weight is 206 g/mol. The van der Waals surface area contributed by atoms with Crippen LogP contribution < -0.4 is 0 Å². The van der Waals surface area contributed by atoms with E-state index < -0.39 is 19.0 Å². The number of hydrogen-bond acceptors (Lipinski definition) is 3. The predicted molar refractivity (Wildman–Crippen MR) is 44.4 cm³/mol. The summed E-state index contributed by atoms with van der Waals surface area (Å²) in [5, 5.41) is 0. The van der Waals surface area contributed by atoms with Gasteiger partial charge in [-0.25, -0.2) is 4.21 Å². The zero-order valence-corrected chi connectivity index (χ0v) is 7.51. The maximum Gasteiger partial charge on any atom is 0.352 e. The molecule has 0 saturated heterocycles. The summed E-state index contributed by atoms with van der Waals surface area (Å²) >= 11 is 0. The van der Waals surface area contributed by atoms with Crippen molar-refractivity contribution in [2.75, 3.05) is 0 Å². The molecule has 6 heteroatoms. The second-order valence-corrected chi connectivity index (χ2v) is 5.94. The van der Waals surface area contributed by atoms with Crippen LogP contribution in [0.1, 0.15) is 0 Å². The molecule has 0 aromatic heterocycles. The summed E-state index contributed by atoms with van der Waals surface area (Å²) in [5.74, 6) is 0. The molecule has 0 spiro atoms. The van der Waals surface area contributed by atoms with E-state index in [0.717, 1.165) is 0 Å². The third-order valence-electron chi connectivity index (χ3n) is 1.13. The Morgan fingerprint density at radius 3 is 2.08 bits per heavy atom. The van der Waals surface area contributed by atoms with Gasteiger partial charge in [-0.05, 0) is 12.1 Å². The second kappa shape index (κ2) is 3.34. The first kappa shape index (κ1) is 9.37. The lowest BCUT2D eigenvalue weighted by Gasteiger charge is -1.95. The first-order valence-corrected chi connectivity index (χ1v) is 6.07. The van der Waals surface area contributed by atoms with E-state index in [1.54, 1.807) is 18.2 Å². The third-order valence-corrected chi connectivity index (χ3v) is 3.89. The van der Waals surface area contributed by atoms with E-state index in [1.165, 1.54) is 12.1 Å². The molecule has 12 heavy (non-hydrogen) atoms. The highest BCUT2D eigenvalue weighted by Crippen LogP contribution is 2.09. The van der Waals surface area contributed by atoms with Crippen molar-refractivity contribution in [2.24, 2.45) is 0 Å². The number of benzene rings is 1. The van der Waals surface area contributed by atoms with E-state index >= 15 is 0 Å². The summed E-state index contributed by atoms with van der Waals surface area (Å²) in [5.41, 5.74) is 0. The highest BCUT2D eigenvalue weighted by molar-refractivity contribution is 8.61. The fourth-order valence-electron chi connectivity index (χ4n) is 0.653. The van der Waals surface area contributed by atoms with Crippen molar-refractivity contribution >= 4 is 19.0 Å². The molecule has 4 nitrogen and oxygen atoms in total. The average Bonchev–Trinajstić information content (AvgIpc) is 2.03. The van der Waals surface area contributed by atoms with Gasteiger partial charge in [-0.15, -0.1) is 0 Å². The second-order valence-electron chi connectivity index (χ2n) is 1.98. The molecule has 0 saturated carbocycles. The molecular formula is C6H6O4S2. The van der Waals surface area contributed by atoms with Crippen LogP contribution in [0.5, 0.6) is 0 Å². The molecule has 1 atom stereocenters. The minimum atomic E-state index is -4.48. The molecule has 0 bridgehead atoms. The molecule has 0 aliphatic heterocycles. The summed E-state index contributed by atoms with van der Waals surface area (Å²) in [6.45, 7) is 0. The van der Waals surface area contributed by atoms with Crippen molar-refractivity contribution in [2.45, 2.75) is 4.90 Å². The molecule has 0 amide bonds. The maximum atomic E-state index is 10.9. The van der Waals surface area contributed by atoms with Gasteiger partial charge >= 0.3 is 9.15 Å². The third kappa shape index (κ3) is 2.13. The summed E-state index contributed by atoms with van der Waals surface area (Å²) in [6, 6.07) is 7.47. The Hall–Kier alpha value is -0.720. The van der Waals surface area contributed by atoms with Gasteiger partial charge in [-0.3, -0.25) is 4.55 Å². The van der Waals surface area contributed by atoms with Gasteiger partial charge in [-0.2, -0.15) is 8.42 Å². The van der Waals surface area contributed by atoms with Crippen molar-refractivity contribution < 1.29 is 17.2 Å². The summed E-state index contributed by atoms with van der Waals surface area (Å²) in [7, 11) is -6.86. The minimum absolute atomic E-state index is 0.0694. The number of rotatable bonds is 2. The van der Waals surface area contributed by atoms with Crippen LogP contribution in [0.3, 0.4) is 0 Å². The highest BCUT2D eigenvalue weighted by atomic mass is 33.2. The molecule has 66 valence electrons. The Morgan fingerprint density at radius 2 is 1.67 bits per heavy atom. The first-order chi connectivity index (χ1) is 5.52. The van der Waals surface area contributed by atoms with Gasteiger partial charge in [0.15, 0.2) is 9.83 Å². The van der Waals surface area contributed by atoms with Gasteiger partial charge in [0, 0.05) is 0 Å². The van der Waals surface area contributed by atoms with Gasteiger partial charge in [0.2, 0.25) is 0 Å². The van der Waals surface area contributed by atoms with Crippen LogP contribution >= 0.6 is 0 Å². The standard InChI is InChI=1S/C6H6O4S2/c7-11(12(8,9)10)6-4-2-1-3-5-6/h1-5H,(H,8,9,10). The molecule has 0 radical (unpaired) electrons. The van der Waals surface area contributed by atoms with Gasteiger partial charge < -0.3 is 0 Å². The lowest BCUT2D eigenvalue weighted by Crippen LogP contribution is -2.06. The summed E-state index contributed by atoms with van der Waals surface area (Å²) < 4.78 is 40.1. The molecule has 1 aromatic carbocycles. The molecule has 1 rings (SSSR count). The van der Waals surface area contributed by atoms with Crippen molar-refractivity contribution in [1.82, 2.24) is 0 Å². The van der Waals surface area contributed by atoms with Gasteiger partial charge in [-0.1, -0.05) is 18.2 Å². The van der Waals surface area contributed by atoms with Crippen LogP contribution in [0.25, 0.3) is 0 Å². The maximum absolute atomic E-state index is 10.9. The first-order valence-electron chi connectivity index (χ1n) is 2.96. The molecule has 0 heterocycles. The van der Waals surface area contributed by atoms with Crippen LogP contribution in [-0.2, 0) is 19.0 Å². The Kier molecular flexibility index (Phi) is 2.61. The number of hydrogen-bond donors (Lipinski definition) is 1. The Balaban J connectivity index is 3.11. The molecule has 0 fully saturated rings. The normalized spacial score (nSPS) is 14.1. The van der Waals surface area contributed by atoms with Gasteiger partial charge in [0.1, 0.15) is 0 Å². The lowest BCUT2D eigenvalue weighted by atomic mass is 10.4. The topological polar surface area (TPSA) is 71.4 Å². The van der Waals surface area contributed by atoms with E-state index in [-0.39, 0.29) is 4.90 Å². The van der Waals surface area contributed by atoms with E-state index in [2.05, 4.69) is 0 Å². The van der Waals surface area contributed by atoms with Crippen molar-refractivity contribution in [3.8, 4) is 0 Å². The Bertz CT molecular complexity index is 381. The fraction of sp³-hybridized carbons (Fsp3) is 0. The van der Waals surface area contributed by atoms with E-state index in [0.29, 0.717) is 0 Å². The van der Waals surface area contributed by atoms with Crippen LogP contribution in [0.4, 0.5) is 0 Å². The van der Waals surface area contributed by atoms with Crippen molar-refractivity contribution in [3.05, 3.63) is 30.3 Å². The fourth-order valence-corrected chi connectivity index (χ4v) is 2.34. The van der Waals surface area contributed by atoms with Crippen molar-refractivity contribution in [1.29, 1.82) is 0 Å². The van der Waals surface area contributed by atoms with E-state index in [1.807, 2.05) is 0 Å². The van der Waals surface area contributed by atoms with E-state index in [4.69, 9.17) is 4.55 Å². The predicted octanol–water partition coefficient (Wildman–Crippen LogP) is 0.597. The molecule has 0 aliphatic rings. The zero-order chi connectivity index (χ0) is 9.19. The quantitative estimate of drug-likeness (QED) is 0.568. The summed E-state index contributed by atoms with van der Waals surface area (Å²) in [6.07, 6.45) is 0. The van der Waals surface area contributed by atoms with E-state index in [9.17, 15) is 12.6 Å². The van der Waals surface area contributed by atoms with Gasteiger partial charge in [0.05, 0.1) is 4.90 Å². The lowest BCUT2D eigenvalue weighted by molar-refractivity contribution is 0.499. The summed E-state index contributed by atoms with van der Waals surface area (Å²) in [4.78, 5) is 0.0694. The smallest absolute Gasteiger partial charge is 0.275 e. The monoisotopic (exact) mass is 206 g/mol. The highest BCUT2D eigenvalue weighted by Gasteiger charge is 2.17. The molecule has 0 aliphatic carbocycles. The van der Waals surface area contributed by atoms with Crippen LogP contribution in [0.2, 0.25) is 0 Å². The Morgan fingerprint density at radius 1 is 1.17 bits per heavy atom.